The summed E-state index contributed by atoms with van der Waals surface area (Å²) in [4.78, 5) is 37.8. The van der Waals surface area contributed by atoms with Gasteiger partial charge < -0.3 is 19.4 Å². The molecule has 3 unspecified atom stereocenters. The number of allylic oxidation sites excluding steroid dienone is 15. The molecule has 10 heteroatoms. The summed E-state index contributed by atoms with van der Waals surface area (Å²) in [5, 5.41) is 3.05. The molecule has 3 atom stereocenters. The van der Waals surface area contributed by atoms with Crippen LogP contribution in [-0.4, -0.2) is 74.3 Å². The Bertz CT molecular complexity index is 1720. The van der Waals surface area contributed by atoms with Crippen LogP contribution in [0.5, 0.6) is 0 Å². The maximum atomic E-state index is 13.6. The number of quaternary nitrogens is 1. The Morgan fingerprint density at radius 3 is 1.26 bits per heavy atom. The average molecular weight is 1170 g/mol. The number of nitrogens with zero attached hydrogens (tertiary/aromatic N) is 1. The van der Waals surface area contributed by atoms with Gasteiger partial charge in [0.25, 0.3) is 0 Å². The van der Waals surface area contributed by atoms with E-state index in [0.29, 0.717) is 23.9 Å². The van der Waals surface area contributed by atoms with Gasteiger partial charge in [0, 0.05) is 12.8 Å². The summed E-state index contributed by atoms with van der Waals surface area (Å²) in [6.45, 7) is 6.89. The minimum atomic E-state index is -4.46. The van der Waals surface area contributed by atoms with Crippen LogP contribution in [0.15, 0.2) is 97.2 Å². The van der Waals surface area contributed by atoms with Crippen LogP contribution in [0.25, 0.3) is 0 Å². The quantitative estimate of drug-likeness (QED) is 0.0156. The smallest absolute Gasteiger partial charge is 0.456 e. The Morgan fingerprint density at radius 2 is 0.817 bits per heavy atom. The lowest BCUT2D eigenvalue weighted by Gasteiger charge is -2.27. The van der Waals surface area contributed by atoms with Gasteiger partial charge >= 0.3 is 13.8 Å². The number of carbonyl (C=O) groups excluding carboxylic acids is 2. The fourth-order valence-electron chi connectivity index (χ4n) is 9.55. The number of hydrogen-bond acceptors (Lipinski definition) is 6. The standard InChI is InChI=1S/C72H129N2O7P/c1-7-10-13-16-19-22-25-28-30-32-33-34-35-36-37-38-39-40-41-42-44-47-50-53-56-59-62-65-72(76)81-70(63-60-57-54-51-48-45-27-24-21-18-15-12-9-3)69(68-80-82(77,78)79-67-66-74(4,5)6)73-71(75)64-61-58-55-52-49-46-43-31-29-26-23-20-17-14-11-8-2/h10,13,19,22,28,30-31,33-34,36-37,43,46,49,60,63,69-70H,7-9,11-12,14-18,20-21,23-27,29,32,35,38-42,44-45,47-48,50-59,61-62,64-68H2,1-6H3,(H-,73,75,77,78)/p+1/b13-10-,22-19-,30-28-,34-33-,37-36-,43-31+,49-46+,63-60-. The number of hydrogen-bond donors (Lipinski definition) is 2. The summed E-state index contributed by atoms with van der Waals surface area (Å²) < 4.78 is 30.8. The number of phosphoric ester groups is 1. The molecule has 0 aromatic rings. The van der Waals surface area contributed by atoms with Crippen molar-refractivity contribution in [1.29, 1.82) is 0 Å². The molecule has 9 nitrogen and oxygen atoms in total. The lowest BCUT2D eigenvalue weighted by atomic mass is 10.0. The van der Waals surface area contributed by atoms with Gasteiger partial charge in [-0.2, -0.15) is 0 Å². The van der Waals surface area contributed by atoms with Crippen LogP contribution in [0.4, 0.5) is 0 Å². The summed E-state index contributed by atoms with van der Waals surface area (Å²) in [5.74, 6) is -0.537. The minimum Gasteiger partial charge on any atom is -0.456 e. The Morgan fingerprint density at radius 1 is 0.451 bits per heavy atom. The summed E-state index contributed by atoms with van der Waals surface area (Å²) in [6, 6.07) is -0.868. The zero-order chi connectivity index (χ0) is 60.0. The highest BCUT2D eigenvalue weighted by atomic mass is 31.2. The van der Waals surface area contributed by atoms with Crippen LogP contribution in [0, 0.1) is 0 Å². The van der Waals surface area contributed by atoms with Crippen molar-refractivity contribution in [1.82, 2.24) is 5.32 Å². The molecule has 0 bridgehead atoms. The molecule has 0 aliphatic carbocycles. The van der Waals surface area contributed by atoms with Gasteiger partial charge in [0.05, 0.1) is 33.8 Å². The average Bonchev–Trinajstić information content (AvgIpc) is 3.45. The number of nitrogens with one attached hydrogen (secondary N) is 1. The monoisotopic (exact) mass is 1170 g/mol. The van der Waals surface area contributed by atoms with Crippen molar-refractivity contribution in [2.45, 2.75) is 309 Å². The zero-order valence-corrected chi connectivity index (χ0v) is 55.1. The third kappa shape index (κ3) is 61.5. The molecular formula is C72H130N2O7P+. The number of rotatable bonds is 61. The maximum absolute atomic E-state index is 13.6. The van der Waals surface area contributed by atoms with E-state index in [9.17, 15) is 19.0 Å². The summed E-state index contributed by atoms with van der Waals surface area (Å²) in [6.07, 6.45) is 82.7. The Labute approximate surface area is 507 Å². The second-order valence-corrected chi connectivity index (χ2v) is 25.4. The lowest BCUT2D eigenvalue weighted by Crippen LogP contribution is -2.47. The van der Waals surface area contributed by atoms with Crippen LogP contribution < -0.4 is 5.32 Å². The number of carbonyl (C=O) groups is 2. The summed E-state index contributed by atoms with van der Waals surface area (Å²) in [5.41, 5.74) is 0. The van der Waals surface area contributed by atoms with E-state index in [-0.39, 0.29) is 31.5 Å². The molecule has 82 heavy (non-hydrogen) atoms. The SMILES string of the molecule is CC/C=C\C/C=C\C/C=C\C/C=C\C/C=C\CCCCCCCCCCCCCC(=O)OC(/C=C\CCCCCCCCCCCCC)C(COP(=O)(O)OCC[N+](C)(C)C)NC(=O)CCCCC/C=C/C=C/CCCCCCCCC. The van der Waals surface area contributed by atoms with Crippen LogP contribution >= 0.6 is 7.82 Å². The van der Waals surface area contributed by atoms with Crippen molar-refractivity contribution >= 4 is 19.7 Å². The molecule has 0 saturated heterocycles. The van der Waals surface area contributed by atoms with E-state index in [1.807, 2.05) is 33.3 Å². The van der Waals surface area contributed by atoms with E-state index >= 15 is 0 Å². The molecule has 1 amide bonds. The molecule has 0 aliphatic heterocycles. The molecule has 2 N–H and O–H groups in total. The van der Waals surface area contributed by atoms with Crippen molar-refractivity contribution in [3.8, 4) is 0 Å². The Hall–Kier alpha value is -3.07. The van der Waals surface area contributed by atoms with E-state index < -0.39 is 20.0 Å². The van der Waals surface area contributed by atoms with Gasteiger partial charge in [0.2, 0.25) is 5.91 Å². The van der Waals surface area contributed by atoms with Gasteiger partial charge in [-0.25, -0.2) is 4.57 Å². The molecule has 474 valence electrons. The largest absolute Gasteiger partial charge is 0.472 e. The molecular weight excluding hydrogens is 1040 g/mol. The zero-order valence-electron chi connectivity index (χ0n) is 54.2. The Kier molecular flexibility index (Phi) is 58.7. The molecule has 0 spiro atoms. The second kappa shape index (κ2) is 61.0. The van der Waals surface area contributed by atoms with Gasteiger partial charge in [-0.05, 0) is 102 Å². The molecule has 0 radical (unpaired) electrons. The van der Waals surface area contributed by atoms with Crippen molar-refractivity contribution in [3.05, 3.63) is 97.2 Å². The first-order valence-corrected chi connectivity index (χ1v) is 35.6. The first kappa shape index (κ1) is 78.9. The highest BCUT2D eigenvalue weighted by molar-refractivity contribution is 7.47. The van der Waals surface area contributed by atoms with Gasteiger partial charge in [-0.15, -0.1) is 0 Å². The Balaban J connectivity index is 5.14. The number of amides is 1. The first-order chi connectivity index (χ1) is 39.9. The fourth-order valence-corrected chi connectivity index (χ4v) is 10.3. The first-order valence-electron chi connectivity index (χ1n) is 34.1. The fraction of sp³-hybridized carbons (Fsp3) is 0.750. The highest BCUT2D eigenvalue weighted by Crippen LogP contribution is 2.43. The van der Waals surface area contributed by atoms with Crippen molar-refractivity contribution < 1.29 is 37.3 Å². The molecule has 0 heterocycles. The number of esters is 1. The summed E-state index contributed by atoms with van der Waals surface area (Å²) in [7, 11) is 1.47. The van der Waals surface area contributed by atoms with Crippen molar-refractivity contribution in [2.24, 2.45) is 0 Å². The number of likely N-dealkylation sites (N-methyl/N-ethyl adjacent to an activating group) is 1. The van der Waals surface area contributed by atoms with E-state index in [0.717, 1.165) is 96.3 Å². The van der Waals surface area contributed by atoms with E-state index in [4.69, 9.17) is 13.8 Å². The van der Waals surface area contributed by atoms with Gasteiger partial charge in [0.1, 0.15) is 19.3 Å². The van der Waals surface area contributed by atoms with Crippen molar-refractivity contribution in [3.63, 3.8) is 0 Å². The number of unbranched alkanes of at least 4 members (excludes halogenated alkanes) is 32. The molecule has 0 aromatic carbocycles. The van der Waals surface area contributed by atoms with E-state index in [1.54, 1.807) is 0 Å². The van der Waals surface area contributed by atoms with Crippen LogP contribution in [0.2, 0.25) is 0 Å². The summed E-state index contributed by atoms with van der Waals surface area (Å²) >= 11 is 0. The third-order valence-electron chi connectivity index (χ3n) is 14.8. The normalized spacial score (nSPS) is 14.2. The van der Waals surface area contributed by atoms with E-state index in [2.05, 4.69) is 111 Å². The van der Waals surface area contributed by atoms with Crippen molar-refractivity contribution in [2.75, 3.05) is 40.9 Å². The maximum Gasteiger partial charge on any atom is 0.472 e. The predicted octanol–water partition coefficient (Wildman–Crippen LogP) is 21.5. The lowest BCUT2D eigenvalue weighted by molar-refractivity contribution is -0.870. The van der Waals surface area contributed by atoms with Gasteiger partial charge in [-0.3, -0.25) is 18.6 Å². The highest BCUT2D eigenvalue weighted by Gasteiger charge is 2.30. The third-order valence-corrected chi connectivity index (χ3v) is 15.8. The van der Waals surface area contributed by atoms with Crippen LogP contribution in [0.1, 0.15) is 297 Å². The number of phosphoric acid groups is 1. The topological polar surface area (TPSA) is 111 Å². The number of ether oxygens (including phenoxy) is 1. The molecule has 0 aliphatic rings. The minimum absolute atomic E-state index is 0.0315. The molecule has 0 saturated carbocycles. The van der Waals surface area contributed by atoms with Crippen LogP contribution in [-0.2, 0) is 27.9 Å². The van der Waals surface area contributed by atoms with E-state index in [1.165, 1.54) is 161 Å². The van der Waals surface area contributed by atoms with Gasteiger partial charge in [-0.1, -0.05) is 279 Å². The predicted molar refractivity (Wildman–Crippen MR) is 355 cm³/mol. The van der Waals surface area contributed by atoms with Gasteiger partial charge in [0.15, 0.2) is 0 Å². The van der Waals surface area contributed by atoms with Crippen LogP contribution in [0.3, 0.4) is 0 Å². The molecule has 0 rings (SSSR count). The molecule has 0 aromatic heterocycles. The second-order valence-electron chi connectivity index (χ2n) is 24.0. The molecule has 0 fully saturated rings.